The van der Waals surface area contributed by atoms with E-state index in [1.807, 2.05) is 4.90 Å². The molecule has 0 unspecified atom stereocenters. The number of hydrogen-bond donors (Lipinski definition) is 1. The summed E-state index contributed by atoms with van der Waals surface area (Å²) in [6, 6.07) is 0. The van der Waals surface area contributed by atoms with Crippen molar-refractivity contribution in [3.63, 3.8) is 0 Å². The number of rotatable bonds is 2. The third-order valence-electron chi connectivity index (χ3n) is 2.15. The van der Waals surface area contributed by atoms with E-state index in [1.165, 1.54) is 5.57 Å². The van der Waals surface area contributed by atoms with Crippen molar-refractivity contribution in [1.82, 2.24) is 4.90 Å². The maximum Gasteiger partial charge on any atom is 0.224 e. The van der Waals surface area contributed by atoms with Gasteiger partial charge in [0.1, 0.15) is 0 Å². The molecule has 0 aromatic heterocycles. The summed E-state index contributed by atoms with van der Waals surface area (Å²) in [5, 5.41) is 0. The largest absolute Gasteiger partial charge is 0.339 e. The molecule has 1 aliphatic rings. The molecule has 2 N–H and O–H groups in total. The molecular formula is C9H16N2O. The molecule has 0 aromatic rings. The lowest BCUT2D eigenvalue weighted by Gasteiger charge is -2.25. The molecule has 1 amide bonds. The monoisotopic (exact) mass is 168 g/mol. The fourth-order valence-electron chi connectivity index (χ4n) is 1.28. The summed E-state index contributed by atoms with van der Waals surface area (Å²) in [5.41, 5.74) is 6.68. The van der Waals surface area contributed by atoms with Gasteiger partial charge in [-0.15, -0.1) is 0 Å². The molecule has 0 saturated heterocycles. The van der Waals surface area contributed by atoms with Gasteiger partial charge in [-0.05, 0) is 13.3 Å². The quantitative estimate of drug-likeness (QED) is 0.611. The molecule has 12 heavy (non-hydrogen) atoms. The first-order chi connectivity index (χ1) is 5.74. The fraction of sp³-hybridized carbons (Fsp3) is 0.667. The van der Waals surface area contributed by atoms with E-state index in [0.717, 1.165) is 19.5 Å². The Kier molecular flexibility index (Phi) is 3.29. The highest BCUT2D eigenvalue weighted by atomic mass is 16.2. The molecule has 0 radical (unpaired) electrons. The van der Waals surface area contributed by atoms with Crippen LogP contribution in [0.1, 0.15) is 19.8 Å². The minimum atomic E-state index is 0.182. The average molecular weight is 168 g/mol. The molecule has 1 heterocycles. The Morgan fingerprint density at radius 2 is 2.50 bits per heavy atom. The maximum atomic E-state index is 11.3. The van der Waals surface area contributed by atoms with Crippen LogP contribution in [0.15, 0.2) is 11.6 Å². The molecule has 1 aliphatic heterocycles. The predicted molar refractivity (Wildman–Crippen MR) is 48.6 cm³/mol. The van der Waals surface area contributed by atoms with E-state index >= 15 is 0 Å². The van der Waals surface area contributed by atoms with E-state index in [2.05, 4.69) is 13.0 Å². The Morgan fingerprint density at radius 3 is 3.00 bits per heavy atom. The Labute approximate surface area is 73.2 Å². The fourth-order valence-corrected chi connectivity index (χ4v) is 1.28. The number of carbonyl (C=O) groups excluding carboxylic acids is 1. The SMILES string of the molecule is CC1=CCN(C(=O)CCN)CC1. The van der Waals surface area contributed by atoms with E-state index in [9.17, 15) is 4.79 Å². The summed E-state index contributed by atoms with van der Waals surface area (Å²) in [6.45, 7) is 4.19. The van der Waals surface area contributed by atoms with Crippen LogP contribution in [-0.4, -0.2) is 30.4 Å². The van der Waals surface area contributed by atoms with Gasteiger partial charge >= 0.3 is 0 Å². The Morgan fingerprint density at radius 1 is 1.75 bits per heavy atom. The van der Waals surface area contributed by atoms with E-state index in [-0.39, 0.29) is 5.91 Å². The van der Waals surface area contributed by atoms with Crippen LogP contribution in [0.25, 0.3) is 0 Å². The lowest BCUT2D eigenvalue weighted by molar-refractivity contribution is -0.130. The van der Waals surface area contributed by atoms with Crippen molar-refractivity contribution in [3.05, 3.63) is 11.6 Å². The highest BCUT2D eigenvalue weighted by molar-refractivity contribution is 5.76. The number of nitrogens with zero attached hydrogens (tertiary/aromatic N) is 1. The Bertz CT molecular complexity index is 199. The normalized spacial score (nSPS) is 17.5. The van der Waals surface area contributed by atoms with Crippen molar-refractivity contribution in [2.24, 2.45) is 5.73 Å². The molecule has 0 saturated carbocycles. The topological polar surface area (TPSA) is 46.3 Å². The van der Waals surface area contributed by atoms with Gasteiger partial charge < -0.3 is 10.6 Å². The number of carbonyl (C=O) groups is 1. The van der Waals surface area contributed by atoms with Gasteiger partial charge in [-0.2, -0.15) is 0 Å². The van der Waals surface area contributed by atoms with E-state index in [4.69, 9.17) is 5.73 Å². The number of hydrogen-bond acceptors (Lipinski definition) is 2. The van der Waals surface area contributed by atoms with Crippen molar-refractivity contribution in [1.29, 1.82) is 0 Å². The van der Waals surface area contributed by atoms with E-state index in [1.54, 1.807) is 0 Å². The van der Waals surface area contributed by atoms with Gasteiger partial charge in [0, 0.05) is 26.1 Å². The number of amides is 1. The summed E-state index contributed by atoms with van der Waals surface area (Å²) in [6.07, 6.45) is 3.60. The van der Waals surface area contributed by atoms with Gasteiger partial charge in [-0.1, -0.05) is 11.6 Å². The van der Waals surface area contributed by atoms with Crippen LogP contribution in [0.5, 0.6) is 0 Å². The van der Waals surface area contributed by atoms with Gasteiger partial charge in [-0.3, -0.25) is 4.79 Å². The standard InChI is InChI=1S/C9H16N2O/c1-8-3-6-11(7-4-8)9(12)2-5-10/h3H,2,4-7,10H2,1H3. The first kappa shape index (κ1) is 9.26. The van der Waals surface area contributed by atoms with Crippen molar-refractivity contribution in [2.45, 2.75) is 19.8 Å². The van der Waals surface area contributed by atoms with Gasteiger partial charge in [0.05, 0.1) is 0 Å². The summed E-state index contributed by atoms with van der Waals surface area (Å²) < 4.78 is 0. The minimum Gasteiger partial charge on any atom is -0.339 e. The highest BCUT2D eigenvalue weighted by Gasteiger charge is 2.13. The Balaban J connectivity index is 2.40. The van der Waals surface area contributed by atoms with Crippen LogP contribution in [0.4, 0.5) is 0 Å². The van der Waals surface area contributed by atoms with Gasteiger partial charge in [0.15, 0.2) is 0 Å². The van der Waals surface area contributed by atoms with Crippen molar-refractivity contribution in [2.75, 3.05) is 19.6 Å². The molecule has 3 nitrogen and oxygen atoms in total. The third-order valence-corrected chi connectivity index (χ3v) is 2.15. The molecular weight excluding hydrogens is 152 g/mol. The molecule has 68 valence electrons. The van der Waals surface area contributed by atoms with Crippen LogP contribution in [0.3, 0.4) is 0 Å². The van der Waals surface area contributed by atoms with Crippen molar-refractivity contribution in [3.8, 4) is 0 Å². The van der Waals surface area contributed by atoms with Gasteiger partial charge in [0.25, 0.3) is 0 Å². The van der Waals surface area contributed by atoms with Crippen LogP contribution < -0.4 is 5.73 Å². The van der Waals surface area contributed by atoms with E-state index in [0.29, 0.717) is 13.0 Å². The second-order valence-electron chi connectivity index (χ2n) is 3.18. The third kappa shape index (κ3) is 2.34. The molecule has 1 rings (SSSR count). The second-order valence-corrected chi connectivity index (χ2v) is 3.18. The zero-order valence-electron chi connectivity index (χ0n) is 7.55. The highest BCUT2D eigenvalue weighted by Crippen LogP contribution is 2.09. The lowest BCUT2D eigenvalue weighted by Crippen LogP contribution is -2.35. The maximum absolute atomic E-state index is 11.3. The van der Waals surface area contributed by atoms with Gasteiger partial charge in [-0.25, -0.2) is 0 Å². The minimum absolute atomic E-state index is 0.182. The van der Waals surface area contributed by atoms with Crippen LogP contribution in [0, 0.1) is 0 Å². The predicted octanol–water partition coefficient (Wildman–Crippen LogP) is 0.514. The van der Waals surface area contributed by atoms with Crippen LogP contribution in [0.2, 0.25) is 0 Å². The number of nitrogens with two attached hydrogens (primary N) is 1. The molecule has 0 fully saturated rings. The van der Waals surface area contributed by atoms with Gasteiger partial charge in [0.2, 0.25) is 5.91 Å². The molecule has 0 bridgehead atoms. The molecule has 0 aliphatic carbocycles. The molecule has 0 aromatic carbocycles. The smallest absolute Gasteiger partial charge is 0.224 e. The lowest BCUT2D eigenvalue weighted by atomic mass is 10.1. The summed E-state index contributed by atoms with van der Waals surface area (Å²) in [5.74, 6) is 0.182. The first-order valence-electron chi connectivity index (χ1n) is 4.37. The van der Waals surface area contributed by atoms with Crippen LogP contribution >= 0.6 is 0 Å². The summed E-state index contributed by atoms with van der Waals surface area (Å²) in [4.78, 5) is 13.2. The van der Waals surface area contributed by atoms with Crippen molar-refractivity contribution >= 4 is 5.91 Å². The van der Waals surface area contributed by atoms with Crippen LogP contribution in [-0.2, 0) is 4.79 Å². The molecule has 0 atom stereocenters. The molecule has 3 heteroatoms. The molecule has 0 spiro atoms. The zero-order chi connectivity index (χ0) is 8.97. The second kappa shape index (κ2) is 4.26. The van der Waals surface area contributed by atoms with E-state index < -0.39 is 0 Å². The average Bonchev–Trinajstić information content (AvgIpc) is 2.06. The van der Waals surface area contributed by atoms with Crippen molar-refractivity contribution < 1.29 is 4.79 Å². The summed E-state index contributed by atoms with van der Waals surface area (Å²) >= 11 is 0. The Hall–Kier alpha value is -0.830. The zero-order valence-corrected chi connectivity index (χ0v) is 7.55. The first-order valence-corrected chi connectivity index (χ1v) is 4.37. The summed E-state index contributed by atoms with van der Waals surface area (Å²) in [7, 11) is 0.